The van der Waals surface area contributed by atoms with Crippen molar-refractivity contribution < 1.29 is 31.5 Å². The van der Waals surface area contributed by atoms with Crippen LogP contribution >= 0.6 is 0 Å². The zero-order valence-electron chi connectivity index (χ0n) is 24.9. The predicted molar refractivity (Wildman–Crippen MR) is 171 cm³/mol. The molecule has 0 aliphatic rings. The first-order valence-corrected chi connectivity index (χ1v) is 15.9. The summed E-state index contributed by atoms with van der Waals surface area (Å²) in [5.41, 5.74) is 1.95. The lowest BCUT2D eigenvalue weighted by molar-refractivity contribution is -0.143. The Bertz CT molecular complexity index is 1890. The molecule has 0 bridgehead atoms. The summed E-state index contributed by atoms with van der Waals surface area (Å²) in [7, 11) is -3.98. The van der Waals surface area contributed by atoms with E-state index in [1.54, 1.807) is 54.7 Å². The van der Waals surface area contributed by atoms with E-state index in [1.807, 2.05) is 0 Å². The highest BCUT2D eigenvalue weighted by Gasteiger charge is 2.32. The Kier molecular flexibility index (Phi) is 10.5. The molecule has 2 amide bonds. The number of anilines is 1. The van der Waals surface area contributed by atoms with Crippen molar-refractivity contribution in [3.63, 3.8) is 0 Å². The van der Waals surface area contributed by atoms with Crippen LogP contribution in [0.15, 0.2) is 132 Å². The Labute approximate surface area is 270 Å². The lowest BCUT2D eigenvalue weighted by Crippen LogP contribution is -2.45. The Morgan fingerprint density at radius 2 is 1.43 bits per heavy atom. The fraction of sp³-hybridized carbons (Fsp3) is 0.114. The minimum Gasteiger partial charge on any atom is -0.484 e. The molecule has 1 heterocycles. The van der Waals surface area contributed by atoms with Gasteiger partial charge in [-0.2, -0.15) is 0 Å². The van der Waals surface area contributed by atoms with E-state index < -0.39 is 46.1 Å². The molecule has 1 aromatic heterocycles. The number of carbonyl (C=O) groups is 2. The van der Waals surface area contributed by atoms with Crippen LogP contribution in [0, 0.1) is 11.6 Å². The molecule has 5 aromatic rings. The quantitative estimate of drug-likeness (QED) is 0.170. The highest BCUT2D eigenvalue weighted by atomic mass is 32.2. The number of benzene rings is 4. The topological polar surface area (TPSA) is 118 Å². The van der Waals surface area contributed by atoms with Gasteiger partial charge >= 0.3 is 0 Å². The third kappa shape index (κ3) is 8.98. The average molecular weight is 657 g/mol. The van der Waals surface area contributed by atoms with Gasteiger partial charge in [0.25, 0.3) is 15.9 Å². The summed E-state index contributed by atoms with van der Waals surface area (Å²) >= 11 is 0. The molecule has 12 heteroatoms. The van der Waals surface area contributed by atoms with Gasteiger partial charge in [0.1, 0.15) is 23.4 Å². The van der Waals surface area contributed by atoms with Gasteiger partial charge in [0.15, 0.2) is 6.61 Å². The van der Waals surface area contributed by atoms with E-state index in [-0.39, 0.29) is 29.4 Å². The number of nitrogens with one attached hydrogen (secondary N) is 2. The van der Waals surface area contributed by atoms with Crippen LogP contribution in [0.4, 0.5) is 14.5 Å². The summed E-state index contributed by atoms with van der Waals surface area (Å²) in [5, 5.41) is 2.86. The van der Waals surface area contributed by atoms with E-state index in [4.69, 9.17) is 4.74 Å². The largest absolute Gasteiger partial charge is 0.484 e. The van der Waals surface area contributed by atoms with Crippen molar-refractivity contribution in [3.8, 4) is 5.75 Å². The maximum Gasteiger partial charge on any atom is 0.261 e. The van der Waals surface area contributed by atoms with Crippen LogP contribution in [0.2, 0.25) is 0 Å². The minimum absolute atomic E-state index is 0.0364. The summed E-state index contributed by atoms with van der Waals surface area (Å²) in [6, 6.07) is 28.9. The highest BCUT2D eigenvalue weighted by Crippen LogP contribution is 2.25. The predicted octanol–water partition coefficient (Wildman–Crippen LogP) is 5.63. The summed E-state index contributed by atoms with van der Waals surface area (Å²) in [5.74, 6) is -1.75. The molecule has 240 valence electrons. The number of halogens is 2. The van der Waals surface area contributed by atoms with Gasteiger partial charge < -0.3 is 15.0 Å². The number of carbonyl (C=O) groups excluding carboxylic acids is 2. The second-order valence-electron chi connectivity index (χ2n) is 10.4. The number of ether oxygens (including phenoxy) is 1. The van der Waals surface area contributed by atoms with E-state index >= 15 is 0 Å². The van der Waals surface area contributed by atoms with Crippen LogP contribution in [0.5, 0.6) is 5.75 Å². The van der Waals surface area contributed by atoms with Crippen LogP contribution in [-0.4, -0.2) is 36.7 Å². The Morgan fingerprint density at radius 3 is 2.06 bits per heavy atom. The molecule has 0 unspecified atom stereocenters. The molecule has 0 aliphatic carbocycles. The molecule has 0 saturated heterocycles. The van der Waals surface area contributed by atoms with E-state index in [1.165, 1.54) is 65.6 Å². The van der Waals surface area contributed by atoms with Crippen LogP contribution in [0.1, 0.15) is 22.9 Å². The SMILES string of the molecule is O=C(NCc1ccccn1)[C@H](c1ccccc1)N(Cc1ccc(F)cc1)C(=O)COc1ccc(S(=O)(=O)Nc2ccc(F)cc2)cc1. The smallest absolute Gasteiger partial charge is 0.261 e. The van der Waals surface area contributed by atoms with E-state index in [0.717, 1.165) is 12.1 Å². The van der Waals surface area contributed by atoms with Crippen LogP contribution in [0.3, 0.4) is 0 Å². The molecule has 0 saturated carbocycles. The van der Waals surface area contributed by atoms with Crippen molar-refractivity contribution in [2.75, 3.05) is 11.3 Å². The Hall–Kier alpha value is -5.62. The van der Waals surface area contributed by atoms with Crippen LogP contribution in [-0.2, 0) is 32.7 Å². The van der Waals surface area contributed by atoms with Gasteiger partial charge in [-0.3, -0.25) is 19.3 Å². The third-order valence-electron chi connectivity index (χ3n) is 7.02. The number of rotatable bonds is 13. The number of hydrogen-bond acceptors (Lipinski definition) is 6. The molecule has 9 nitrogen and oxygen atoms in total. The number of pyridine rings is 1. The second kappa shape index (κ2) is 15.1. The Morgan fingerprint density at radius 1 is 0.787 bits per heavy atom. The zero-order valence-corrected chi connectivity index (χ0v) is 25.7. The minimum atomic E-state index is -3.98. The first-order valence-electron chi connectivity index (χ1n) is 14.5. The van der Waals surface area contributed by atoms with Gasteiger partial charge in [0.2, 0.25) is 5.91 Å². The average Bonchev–Trinajstić information content (AvgIpc) is 3.09. The lowest BCUT2D eigenvalue weighted by atomic mass is 10.0. The molecule has 1 atom stereocenters. The first kappa shape index (κ1) is 32.8. The van der Waals surface area contributed by atoms with Crippen molar-refractivity contribution in [1.29, 1.82) is 0 Å². The van der Waals surface area contributed by atoms with Gasteiger partial charge in [0, 0.05) is 18.4 Å². The maximum absolute atomic E-state index is 13.8. The molecule has 0 radical (unpaired) electrons. The number of aromatic nitrogens is 1. The van der Waals surface area contributed by atoms with Gasteiger partial charge in [-0.1, -0.05) is 48.5 Å². The normalized spacial score (nSPS) is 11.7. The first-order chi connectivity index (χ1) is 22.7. The molecule has 4 aromatic carbocycles. The zero-order chi connectivity index (χ0) is 33.2. The standard InChI is InChI=1S/C35H30F2N4O5S/c36-27-11-9-25(10-12-27)23-41(34(26-6-2-1-3-7-26)35(43)39-22-30-8-4-5-21-38-30)33(42)24-46-31-17-19-32(20-18-31)47(44,45)40-29-15-13-28(37)14-16-29/h1-21,34,40H,22-24H2,(H,39,43)/t34-/m0/s1. The van der Waals surface area contributed by atoms with Crippen molar-refractivity contribution >= 4 is 27.5 Å². The van der Waals surface area contributed by atoms with Crippen molar-refractivity contribution in [2.45, 2.75) is 24.0 Å². The molecule has 5 rings (SSSR count). The second-order valence-corrected chi connectivity index (χ2v) is 12.1. The fourth-order valence-electron chi connectivity index (χ4n) is 4.67. The number of sulfonamides is 1. The van der Waals surface area contributed by atoms with Crippen molar-refractivity contribution in [2.24, 2.45) is 0 Å². The van der Waals surface area contributed by atoms with Gasteiger partial charge in [-0.05, 0) is 83.9 Å². The molecule has 0 aliphatic heterocycles. The van der Waals surface area contributed by atoms with Gasteiger partial charge in [-0.15, -0.1) is 0 Å². The summed E-state index contributed by atoms with van der Waals surface area (Å²) in [4.78, 5) is 33.1. The summed E-state index contributed by atoms with van der Waals surface area (Å²) < 4.78 is 60.6. The molecule has 2 N–H and O–H groups in total. The third-order valence-corrected chi connectivity index (χ3v) is 8.42. The number of nitrogens with zero attached hydrogens (tertiary/aromatic N) is 2. The molecular formula is C35H30F2N4O5S. The summed E-state index contributed by atoms with van der Waals surface area (Å²) in [6.07, 6.45) is 1.61. The lowest BCUT2D eigenvalue weighted by Gasteiger charge is -2.31. The van der Waals surface area contributed by atoms with Crippen molar-refractivity contribution in [3.05, 3.63) is 156 Å². The number of hydrogen-bond donors (Lipinski definition) is 2. The monoisotopic (exact) mass is 656 g/mol. The maximum atomic E-state index is 13.8. The Balaban J connectivity index is 1.35. The number of amides is 2. The van der Waals surface area contributed by atoms with E-state index in [0.29, 0.717) is 16.8 Å². The van der Waals surface area contributed by atoms with Gasteiger partial charge in [0.05, 0.1) is 17.1 Å². The van der Waals surface area contributed by atoms with Gasteiger partial charge in [-0.25, -0.2) is 17.2 Å². The van der Waals surface area contributed by atoms with E-state index in [2.05, 4.69) is 15.0 Å². The van der Waals surface area contributed by atoms with Crippen LogP contribution < -0.4 is 14.8 Å². The van der Waals surface area contributed by atoms with E-state index in [9.17, 15) is 26.8 Å². The summed E-state index contributed by atoms with van der Waals surface area (Å²) in [6.45, 7) is -0.396. The molecule has 0 fully saturated rings. The fourth-order valence-corrected chi connectivity index (χ4v) is 5.73. The molecule has 0 spiro atoms. The van der Waals surface area contributed by atoms with Crippen LogP contribution in [0.25, 0.3) is 0 Å². The molecule has 47 heavy (non-hydrogen) atoms. The highest BCUT2D eigenvalue weighted by molar-refractivity contribution is 7.92. The van der Waals surface area contributed by atoms with Crippen molar-refractivity contribution in [1.82, 2.24) is 15.2 Å². The molecular weight excluding hydrogens is 626 g/mol.